The largest absolute Gasteiger partial charge is 0.550 e. The van der Waals surface area contributed by atoms with Crippen LogP contribution < -0.4 is 15.1 Å². The Balaban J connectivity index is 2.72. The van der Waals surface area contributed by atoms with Crippen LogP contribution in [-0.4, -0.2) is 26.2 Å². The average Bonchev–Trinajstić information content (AvgIpc) is 2.35. The number of sulfonamides is 1. The minimum Gasteiger partial charge on any atom is -0.550 e. The van der Waals surface area contributed by atoms with Crippen molar-refractivity contribution < 1.29 is 27.9 Å². The van der Waals surface area contributed by atoms with E-state index in [1.807, 2.05) is 0 Å². The fourth-order valence-electron chi connectivity index (χ4n) is 1.40. The van der Waals surface area contributed by atoms with Crippen molar-refractivity contribution in [1.29, 1.82) is 0 Å². The fraction of sp³-hybridized carbons (Fsp3) is 0.250. The summed E-state index contributed by atoms with van der Waals surface area (Å²) in [5.41, 5.74) is 0.306. The van der Waals surface area contributed by atoms with E-state index in [0.717, 1.165) is 6.92 Å². The van der Waals surface area contributed by atoms with Crippen LogP contribution in [0.2, 0.25) is 0 Å². The Bertz CT molecular complexity index is 651. The average molecular weight is 313 g/mol. The van der Waals surface area contributed by atoms with Gasteiger partial charge in [-0.3, -0.25) is 9.59 Å². The Morgan fingerprint density at radius 2 is 1.67 bits per heavy atom. The van der Waals surface area contributed by atoms with Crippen molar-refractivity contribution >= 4 is 33.5 Å². The molecule has 0 unspecified atom stereocenters. The number of hydrogen-bond acceptors (Lipinski definition) is 6. The maximum Gasteiger partial charge on any atom is 0.264 e. The van der Waals surface area contributed by atoms with Gasteiger partial charge in [0.2, 0.25) is 11.8 Å². The molecule has 0 aliphatic rings. The number of carbonyl (C=O) groups excluding carboxylic acids is 3. The molecule has 0 bridgehead atoms. The standard InChI is InChI=1S/C12H14N2O6S/c1-8(15)14-21(19,20)10-4-2-9(3-5-10)13-11(16)6-7-12(17)18/h2-5H,6-7H2,1H3,(H,13,16)(H,14,15)(H,17,18)/p-1. The highest BCUT2D eigenvalue weighted by Gasteiger charge is 2.15. The first-order chi connectivity index (χ1) is 9.70. The number of nitrogens with one attached hydrogen (secondary N) is 2. The van der Waals surface area contributed by atoms with Gasteiger partial charge in [0.05, 0.1) is 4.90 Å². The number of carbonyl (C=O) groups is 3. The lowest BCUT2D eigenvalue weighted by atomic mass is 10.2. The summed E-state index contributed by atoms with van der Waals surface area (Å²) in [4.78, 5) is 32.2. The molecule has 2 N–H and O–H groups in total. The Hall–Kier alpha value is -2.42. The summed E-state index contributed by atoms with van der Waals surface area (Å²) >= 11 is 0. The first-order valence-electron chi connectivity index (χ1n) is 5.84. The molecule has 0 saturated carbocycles. The Kier molecular flexibility index (Phi) is 5.42. The van der Waals surface area contributed by atoms with Crippen LogP contribution in [0.1, 0.15) is 19.8 Å². The number of rotatable bonds is 6. The predicted octanol–water partition coefficient (Wildman–Crippen LogP) is -1.02. The maximum absolute atomic E-state index is 11.7. The van der Waals surface area contributed by atoms with Crippen LogP contribution in [-0.2, 0) is 24.4 Å². The number of carboxylic acid groups (broad SMARTS) is 1. The van der Waals surface area contributed by atoms with Crippen LogP contribution in [0.15, 0.2) is 29.2 Å². The molecule has 114 valence electrons. The molecule has 9 heteroatoms. The van der Waals surface area contributed by atoms with Crippen LogP contribution in [0.3, 0.4) is 0 Å². The number of benzene rings is 1. The summed E-state index contributed by atoms with van der Waals surface area (Å²) in [6.07, 6.45) is -0.644. The lowest BCUT2D eigenvalue weighted by Crippen LogP contribution is -2.28. The van der Waals surface area contributed by atoms with E-state index in [1.165, 1.54) is 24.3 Å². The van der Waals surface area contributed by atoms with Crippen molar-refractivity contribution in [2.24, 2.45) is 0 Å². The molecule has 0 aliphatic carbocycles. The Morgan fingerprint density at radius 3 is 2.14 bits per heavy atom. The molecule has 21 heavy (non-hydrogen) atoms. The third kappa shape index (κ3) is 5.61. The molecule has 0 aliphatic heterocycles. The number of hydrogen-bond donors (Lipinski definition) is 2. The molecule has 1 aromatic carbocycles. The van der Waals surface area contributed by atoms with Gasteiger partial charge in [-0.25, -0.2) is 13.1 Å². The highest BCUT2D eigenvalue weighted by atomic mass is 32.2. The maximum atomic E-state index is 11.7. The zero-order valence-corrected chi connectivity index (χ0v) is 11.9. The molecule has 0 radical (unpaired) electrons. The molecule has 1 aromatic rings. The normalized spacial score (nSPS) is 10.7. The molecule has 8 nitrogen and oxygen atoms in total. The smallest absolute Gasteiger partial charge is 0.264 e. The minimum absolute atomic E-state index is 0.134. The van der Waals surface area contributed by atoms with Gasteiger partial charge in [0, 0.05) is 25.0 Å². The molecular weight excluding hydrogens is 300 g/mol. The highest BCUT2D eigenvalue weighted by Crippen LogP contribution is 2.14. The molecule has 1 rings (SSSR count). The van der Waals surface area contributed by atoms with E-state index >= 15 is 0 Å². The summed E-state index contributed by atoms with van der Waals surface area (Å²) in [6, 6.07) is 5.07. The van der Waals surface area contributed by atoms with E-state index in [4.69, 9.17) is 0 Å². The Labute approximate surface area is 121 Å². The van der Waals surface area contributed by atoms with Crippen LogP contribution in [0.4, 0.5) is 5.69 Å². The lowest BCUT2D eigenvalue weighted by Gasteiger charge is -2.08. The van der Waals surface area contributed by atoms with Gasteiger partial charge in [-0.1, -0.05) is 0 Å². The van der Waals surface area contributed by atoms with Crippen molar-refractivity contribution in [2.75, 3.05) is 5.32 Å². The summed E-state index contributed by atoms with van der Waals surface area (Å²) in [6.45, 7) is 1.07. The third-order valence-corrected chi connectivity index (χ3v) is 3.73. The fourth-order valence-corrected chi connectivity index (χ4v) is 2.40. The van der Waals surface area contributed by atoms with E-state index in [0.29, 0.717) is 5.69 Å². The number of carboxylic acids is 1. The molecule has 0 heterocycles. The zero-order valence-electron chi connectivity index (χ0n) is 11.1. The van der Waals surface area contributed by atoms with Gasteiger partial charge in [0.15, 0.2) is 0 Å². The van der Waals surface area contributed by atoms with Crippen molar-refractivity contribution in [3.8, 4) is 0 Å². The SMILES string of the molecule is CC(=O)NS(=O)(=O)c1ccc(NC(=O)CCC(=O)[O-])cc1. The Morgan fingerprint density at radius 1 is 1.10 bits per heavy atom. The van der Waals surface area contributed by atoms with Gasteiger partial charge in [0.25, 0.3) is 10.0 Å². The molecule has 0 aromatic heterocycles. The lowest BCUT2D eigenvalue weighted by molar-refractivity contribution is -0.305. The number of amides is 2. The van der Waals surface area contributed by atoms with Gasteiger partial charge < -0.3 is 15.2 Å². The third-order valence-electron chi connectivity index (χ3n) is 2.28. The summed E-state index contributed by atoms with van der Waals surface area (Å²) in [5, 5.41) is 12.6. The second kappa shape index (κ2) is 6.84. The van der Waals surface area contributed by atoms with E-state index in [-0.39, 0.29) is 11.3 Å². The minimum atomic E-state index is -3.92. The van der Waals surface area contributed by atoms with E-state index < -0.39 is 34.2 Å². The van der Waals surface area contributed by atoms with Gasteiger partial charge in [-0.2, -0.15) is 0 Å². The van der Waals surface area contributed by atoms with Crippen LogP contribution in [0, 0.1) is 0 Å². The summed E-state index contributed by atoms with van der Waals surface area (Å²) in [7, 11) is -3.92. The van der Waals surface area contributed by atoms with Gasteiger partial charge in [0.1, 0.15) is 0 Å². The van der Waals surface area contributed by atoms with Crippen molar-refractivity contribution in [3.05, 3.63) is 24.3 Å². The predicted molar refractivity (Wildman–Crippen MR) is 70.3 cm³/mol. The highest BCUT2D eigenvalue weighted by molar-refractivity contribution is 7.90. The van der Waals surface area contributed by atoms with Crippen molar-refractivity contribution in [2.45, 2.75) is 24.7 Å². The monoisotopic (exact) mass is 313 g/mol. The second-order valence-electron chi connectivity index (χ2n) is 4.11. The van der Waals surface area contributed by atoms with Gasteiger partial charge in [-0.15, -0.1) is 0 Å². The van der Waals surface area contributed by atoms with Crippen LogP contribution in [0.25, 0.3) is 0 Å². The second-order valence-corrected chi connectivity index (χ2v) is 5.79. The van der Waals surface area contributed by atoms with E-state index in [9.17, 15) is 27.9 Å². The summed E-state index contributed by atoms with van der Waals surface area (Å²) in [5.74, 6) is -2.58. The molecule has 0 atom stereocenters. The van der Waals surface area contributed by atoms with Crippen LogP contribution >= 0.6 is 0 Å². The topological polar surface area (TPSA) is 132 Å². The molecule has 0 saturated heterocycles. The molecular formula is C12H13N2O6S-. The molecule has 0 fully saturated rings. The van der Waals surface area contributed by atoms with Crippen LogP contribution in [0.5, 0.6) is 0 Å². The van der Waals surface area contributed by atoms with Gasteiger partial charge >= 0.3 is 0 Å². The van der Waals surface area contributed by atoms with Crippen molar-refractivity contribution in [3.63, 3.8) is 0 Å². The molecule has 2 amide bonds. The number of anilines is 1. The van der Waals surface area contributed by atoms with Crippen molar-refractivity contribution in [1.82, 2.24) is 4.72 Å². The van der Waals surface area contributed by atoms with Gasteiger partial charge in [-0.05, 0) is 30.7 Å². The van der Waals surface area contributed by atoms with E-state index in [2.05, 4.69) is 5.32 Å². The first-order valence-corrected chi connectivity index (χ1v) is 7.32. The van der Waals surface area contributed by atoms with E-state index in [1.54, 1.807) is 4.72 Å². The quantitative estimate of drug-likeness (QED) is 0.690. The number of aliphatic carboxylic acids is 1. The zero-order chi connectivity index (χ0) is 16.0. The summed E-state index contributed by atoms with van der Waals surface area (Å²) < 4.78 is 25.1. The first kappa shape index (κ1) is 16.6. The molecule has 0 spiro atoms.